The van der Waals surface area contributed by atoms with Gasteiger partial charge in [-0.1, -0.05) is 23.2 Å². The standard InChI is InChI=1S/C9H4Cl2N2O3/c10-4-1-2-6-5(3-4)7(11)8(13(15)16)9(14)12-6/h1-3H,(H,12,14). The number of nitro groups is 1. The largest absolute Gasteiger partial charge is 0.352 e. The Kier molecular flexibility index (Phi) is 2.57. The first kappa shape index (κ1) is 10.9. The number of halogens is 2. The Morgan fingerprint density at radius 3 is 2.62 bits per heavy atom. The number of hydrogen-bond acceptors (Lipinski definition) is 3. The van der Waals surface area contributed by atoms with Gasteiger partial charge in [-0.2, -0.15) is 0 Å². The molecule has 0 aliphatic rings. The predicted molar refractivity (Wildman–Crippen MR) is 61.2 cm³/mol. The molecule has 0 radical (unpaired) electrons. The highest BCUT2D eigenvalue weighted by molar-refractivity contribution is 6.38. The quantitative estimate of drug-likeness (QED) is 0.631. The Morgan fingerprint density at radius 1 is 1.31 bits per heavy atom. The van der Waals surface area contributed by atoms with Crippen molar-refractivity contribution in [2.24, 2.45) is 0 Å². The monoisotopic (exact) mass is 258 g/mol. The van der Waals surface area contributed by atoms with E-state index in [2.05, 4.69) is 4.98 Å². The van der Waals surface area contributed by atoms with Crippen LogP contribution in [0.5, 0.6) is 0 Å². The fourth-order valence-electron chi connectivity index (χ4n) is 1.38. The molecule has 0 spiro atoms. The van der Waals surface area contributed by atoms with E-state index < -0.39 is 16.2 Å². The fourth-order valence-corrected chi connectivity index (χ4v) is 1.86. The Bertz CT molecular complexity index is 651. The summed E-state index contributed by atoms with van der Waals surface area (Å²) in [4.78, 5) is 23.6. The van der Waals surface area contributed by atoms with E-state index in [0.717, 1.165) is 0 Å². The van der Waals surface area contributed by atoms with Gasteiger partial charge in [-0.3, -0.25) is 14.9 Å². The molecule has 1 aromatic heterocycles. The highest BCUT2D eigenvalue weighted by Crippen LogP contribution is 2.29. The number of fused-ring (bicyclic) bond motifs is 1. The second kappa shape index (κ2) is 3.77. The van der Waals surface area contributed by atoms with Crippen LogP contribution in [-0.4, -0.2) is 9.91 Å². The Balaban J connectivity index is 2.96. The molecule has 1 heterocycles. The van der Waals surface area contributed by atoms with Gasteiger partial charge in [0, 0.05) is 10.4 Å². The third kappa shape index (κ3) is 1.64. The molecule has 1 N–H and O–H groups in total. The van der Waals surface area contributed by atoms with E-state index in [-0.39, 0.29) is 5.02 Å². The van der Waals surface area contributed by atoms with Crippen LogP contribution >= 0.6 is 23.2 Å². The maximum absolute atomic E-state index is 11.4. The lowest BCUT2D eigenvalue weighted by Gasteiger charge is -2.01. The van der Waals surface area contributed by atoms with Crippen LogP contribution in [0.15, 0.2) is 23.0 Å². The van der Waals surface area contributed by atoms with Gasteiger partial charge in [-0.25, -0.2) is 0 Å². The van der Waals surface area contributed by atoms with Gasteiger partial charge in [-0.05, 0) is 18.2 Å². The molecule has 5 nitrogen and oxygen atoms in total. The number of H-pyrrole nitrogens is 1. The minimum atomic E-state index is -0.829. The zero-order valence-electron chi connectivity index (χ0n) is 7.66. The first-order chi connectivity index (χ1) is 7.50. The summed E-state index contributed by atoms with van der Waals surface area (Å²) < 4.78 is 0. The summed E-state index contributed by atoms with van der Waals surface area (Å²) >= 11 is 11.5. The molecule has 82 valence electrons. The Labute approximate surface area is 98.8 Å². The molecule has 0 fully saturated rings. The SMILES string of the molecule is O=c1[nH]c2ccc(Cl)cc2c(Cl)c1[N+](=O)[O-]. The van der Waals surface area contributed by atoms with Crippen LogP contribution in [0.3, 0.4) is 0 Å². The van der Waals surface area contributed by atoms with Gasteiger partial charge in [0.2, 0.25) is 0 Å². The second-order valence-electron chi connectivity index (χ2n) is 3.06. The smallest absolute Gasteiger partial charge is 0.316 e. The van der Waals surface area contributed by atoms with Crippen molar-refractivity contribution in [1.29, 1.82) is 0 Å². The lowest BCUT2D eigenvalue weighted by atomic mass is 10.2. The maximum atomic E-state index is 11.4. The molecule has 0 bridgehead atoms. The van der Waals surface area contributed by atoms with Gasteiger partial charge in [-0.15, -0.1) is 0 Å². The molecule has 0 saturated carbocycles. The molecule has 0 aliphatic heterocycles. The highest BCUT2D eigenvalue weighted by atomic mass is 35.5. The van der Waals surface area contributed by atoms with Crippen molar-refractivity contribution in [3.63, 3.8) is 0 Å². The van der Waals surface area contributed by atoms with Gasteiger partial charge < -0.3 is 4.98 Å². The molecule has 0 unspecified atom stereocenters. The van der Waals surface area contributed by atoms with Gasteiger partial charge >= 0.3 is 11.2 Å². The molecular weight excluding hydrogens is 255 g/mol. The zero-order valence-corrected chi connectivity index (χ0v) is 9.17. The summed E-state index contributed by atoms with van der Waals surface area (Å²) in [6.45, 7) is 0. The summed E-state index contributed by atoms with van der Waals surface area (Å²) in [5.74, 6) is 0. The number of rotatable bonds is 1. The first-order valence-electron chi connectivity index (χ1n) is 4.16. The van der Waals surface area contributed by atoms with Gasteiger partial charge in [0.1, 0.15) is 5.02 Å². The van der Waals surface area contributed by atoms with Crippen molar-refractivity contribution in [2.45, 2.75) is 0 Å². The lowest BCUT2D eigenvalue weighted by molar-refractivity contribution is -0.386. The highest BCUT2D eigenvalue weighted by Gasteiger charge is 2.21. The van der Waals surface area contributed by atoms with Crippen molar-refractivity contribution in [2.75, 3.05) is 0 Å². The molecular formula is C9H4Cl2N2O3. The number of aromatic nitrogens is 1. The number of hydrogen-bond donors (Lipinski definition) is 1. The van der Waals surface area contributed by atoms with E-state index in [0.29, 0.717) is 15.9 Å². The van der Waals surface area contributed by atoms with Crippen LogP contribution in [0.4, 0.5) is 5.69 Å². The summed E-state index contributed by atoms with van der Waals surface area (Å²) in [5.41, 5.74) is -1.09. The average molecular weight is 259 g/mol. The molecule has 2 aromatic rings. The molecule has 2 rings (SSSR count). The van der Waals surface area contributed by atoms with Crippen LogP contribution < -0.4 is 5.56 Å². The Hall–Kier alpha value is -1.59. The van der Waals surface area contributed by atoms with Crippen molar-refractivity contribution in [1.82, 2.24) is 4.98 Å². The predicted octanol–water partition coefficient (Wildman–Crippen LogP) is 2.74. The number of pyridine rings is 1. The number of nitrogens with zero attached hydrogens (tertiary/aromatic N) is 1. The molecule has 7 heteroatoms. The summed E-state index contributed by atoms with van der Waals surface area (Å²) in [7, 11) is 0. The van der Waals surface area contributed by atoms with Crippen molar-refractivity contribution >= 4 is 39.8 Å². The van der Waals surface area contributed by atoms with Crippen molar-refractivity contribution in [3.8, 4) is 0 Å². The minimum Gasteiger partial charge on any atom is -0.316 e. The van der Waals surface area contributed by atoms with Gasteiger partial charge in [0.15, 0.2) is 0 Å². The van der Waals surface area contributed by atoms with Crippen LogP contribution in [0, 0.1) is 10.1 Å². The van der Waals surface area contributed by atoms with Crippen molar-refractivity contribution in [3.05, 3.63) is 48.7 Å². The molecule has 1 aromatic carbocycles. The van der Waals surface area contributed by atoms with E-state index in [1.165, 1.54) is 12.1 Å². The normalized spacial score (nSPS) is 10.6. The molecule has 0 amide bonds. The molecule has 0 atom stereocenters. The molecule has 0 aliphatic carbocycles. The van der Waals surface area contributed by atoms with Crippen LogP contribution in [0.25, 0.3) is 10.9 Å². The first-order valence-corrected chi connectivity index (χ1v) is 4.91. The number of benzene rings is 1. The fraction of sp³-hybridized carbons (Fsp3) is 0. The minimum absolute atomic E-state index is 0.203. The maximum Gasteiger partial charge on any atom is 0.352 e. The lowest BCUT2D eigenvalue weighted by Crippen LogP contribution is -2.12. The summed E-state index contributed by atoms with van der Waals surface area (Å²) in [5, 5.41) is 11.2. The van der Waals surface area contributed by atoms with E-state index >= 15 is 0 Å². The third-order valence-corrected chi connectivity index (χ3v) is 2.69. The Morgan fingerprint density at radius 2 is 2.00 bits per heavy atom. The second-order valence-corrected chi connectivity index (χ2v) is 3.88. The van der Waals surface area contributed by atoms with Gasteiger partial charge in [0.25, 0.3) is 0 Å². The van der Waals surface area contributed by atoms with Crippen LogP contribution in [-0.2, 0) is 0 Å². The van der Waals surface area contributed by atoms with Gasteiger partial charge in [0.05, 0.1) is 10.4 Å². The molecule has 0 saturated heterocycles. The topological polar surface area (TPSA) is 76.0 Å². The van der Waals surface area contributed by atoms with E-state index in [1.807, 2.05) is 0 Å². The van der Waals surface area contributed by atoms with E-state index in [4.69, 9.17) is 23.2 Å². The van der Waals surface area contributed by atoms with Crippen molar-refractivity contribution < 1.29 is 4.92 Å². The number of aromatic amines is 1. The number of nitrogens with one attached hydrogen (secondary N) is 1. The van der Waals surface area contributed by atoms with Crippen LogP contribution in [0.2, 0.25) is 10.0 Å². The van der Waals surface area contributed by atoms with Crippen LogP contribution in [0.1, 0.15) is 0 Å². The van der Waals surface area contributed by atoms with E-state index in [1.54, 1.807) is 6.07 Å². The van der Waals surface area contributed by atoms with E-state index in [9.17, 15) is 14.9 Å². The summed E-state index contributed by atoms with van der Waals surface area (Å²) in [6, 6.07) is 4.55. The third-order valence-electron chi connectivity index (χ3n) is 2.07. The molecule has 16 heavy (non-hydrogen) atoms. The zero-order chi connectivity index (χ0) is 11.9. The average Bonchev–Trinajstić information content (AvgIpc) is 2.19. The summed E-state index contributed by atoms with van der Waals surface area (Å²) in [6.07, 6.45) is 0.